The second kappa shape index (κ2) is 10.1. The van der Waals surface area contributed by atoms with Gasteiger partial charge in [-0.15, -0.1) is 0 Å². The van der Waals surface area contributed by atoms with E-state index in [0.717, 1.165) is 0 Å². The molecule has 10 heteroatoms. The second-order valence-electron chi connectivity index (χ2n) is 9.84. The van der Waals surface area contributed by atoms with Crippen molar-refractivity contribution < 1.29 is 28.3 Å². The Bertz CT molecular complexity index is 1150. The number of carbonyl (C=O) groups excluding carboxylic acids is 4. The Balaban J connectivity index is 1.49. The molecule has 4 rings (SSSR count). The fraction of sp³-hybridized carbons (Fsp3) is 0.462. The minimum absolute atomic E-state index is 0.103. The molecule has 1 spiro atoms. The van der Waals surface area contributed by atoms with Crippen LogP contribution < -0.4 is 10.6 Å². The number of Topliss-reactive ketones (excluding diaryl/α,β-unsaturated/α-hetero) is 1. The largest absolute Gasteiger partial charge is 0.436 e. The van der Waals surface area contributed by atoms with Gasteiger partial charge in [-0.3, -0.25) is 14.5 Å². The number of hydrogen-bond acceptors (Lipinski definition) is 5. The summed E-state index contributed by atoms with van der Waals surface area (Å²) in [5.74, 6) is -1.27. The van der Waals surface area contributed by atoms with E-state index in [-0.39, 0.29) is 48.8 Å². The van der Waals surface area contributed by atoms with E-state index in [1.165, 1.54) is 24.1 Å². The van der Waals surface area contributed by atoms with Gasteiger partial charge in [-0.2, -0.15) is 0 Å². The lowest BCUT2D eigenvalue weighted by molar-refractivity contribution is -0.133. The average molecular weight is 499 g/mol. The van der Waals surface area contributed by atoms with Crippen LogP contribution in [0.1, 0.15) is 32.3 Å². The predicted molar refractivity (Wildman–Crippen MR) is 129 cm³/mol. The van der Waals surface area contributed by atoms with Crippen molar-refractivity contribution in [3.05, 3.63) is 59.1 Å². The summed E-state index contributed by atoms with van der Waals surface area (Å²) < 4.78 is 20.0. The van der Waals surface area contributed by atoms with Gasteiger partial charge in [0.05, 0.1) is 12.2 Å². The van der Waals surface area contributed by atoms with Gasteiger partial charge in [0.15, 0.2) is 11.4 Å². The third-order valence-corrected chi connectivity index (χ3v) is 6.80. The summed E-state index contributed by atoms with van der Waals surface area (Å²) in [4.78, 5) is 53.5. The third kappa shape index (κ3) is 4.98. The molecule has 0 aromatic heterocycles. The number of urea groups is 1. The lowest BCUT2D eigenvalue weighted by Crippen LogP contribution is -2.43. The number of amides is 4. The fourth-order valence-electron chi connectivity index (χ4n) is 5.09. The number of ether oxygens (including phenoxy) is 1. The summed E-state index contributed by atoms with van der Waals surface area (Å²) in [6.45, 7) is 4.39. The Kier molecular flexibility index (Phi) is 7.14. The van der Waals surface area contributed by atoms with Gasteiger partial charge in [0.25, 0.3) is 0 Å². The van der Waals surface area contributed by atoms with Crippen LogP contribution in [0.2, 0.25) is 0 Å². The Morgan fingerprint density at radius 2 is 2.00 bits per heavy atom. The maximum absolute atomic E-state index is 14.2. The van der Waals surface area contributed by atoms with Crippen LogP contribution in [0.4, 0.5) is 14.0 Å². The molecule has 2 atom stereocenters. The zero-order valence-corrected chi connectivity index (χ0v) is 20.7. The van der Waals surface area contributed by atoms with Crippen molar-refractivity contribution in [3.8, 4) is 0 Å². The van der Waals surface area contributed by atoms with Gasteiger partial charge in [-0.1, -0.05) is 38.1 Å². The van der Waals surface area contributed by atoms with Crippen LogP contribution in [0, 0.1) is 17.7 Å². The van der Waals surface area contributed by atoms with Gasteiger partial charge in [0.2, 0.25) is 5.91 Å². The summed E-state index contributed by atoms with van der Waals surface area (Å²) in [5.41, 5.74) is 0.295. The van der Waals surface area contributed by atoms with E-state index in [1.54, 1.807) is 29.2 Å². The van der Waals surface area contributed by atoms with Gasteiger partial charge in [-0.25, -0.2) is 14.0 Å². The molecule has 36 heavy (non-hydrogen) atoms. The summed E-state index contributed by atoms with van der Waals surface area (Å²) in [6, 6.07) is 5.82. The van der Waals surface area contributed by atoms with Crippen LogP contribution >= 0.6 is 0 Å². The molecule has 9 nitrogen and oxygen atoms in total. The molecule has 192 valence electrons. The lowest BCUT2D eigenvalue weighted by atomic mass is 9.85. The van der Waals surface area contributed by atoms with Gasteiger partial charge in [0.1, 0.15) is 12.4 Å². The van der Waals surface area contributed by atoms with Gasteiger partial charge in [-0.05, 0) is 36.5 Å². The maximum Gasteiger partial charge on any atom is 0.411 e. The number of nitrogens with one attached hydrogen (secondary N) is 2. The number of benzene rings is 1. The summed E-state index contributed by atoms with van der Waals surface area (Å²) >= 11 is 0. The first-order valence-corrected chi connectivity index (χ1v) is 12.1. The highest BCUT2D eigenvalue weighted by molar-refractivity contribution is 6.03. The Morgan fingerprint density at radius 1 is 1.25 bits per heavy atom. The van der Waals surface area contributed by atoms with E-state index < -0.39 is 23.6 Å². The normalized spacial score (nSPS) is 22.8. The van der Waals surface area contributed by atoms with Crippen molar-refractivity contribution in [2.24, 2.45) is 11.8 Å². The van der Waals surface area contributed by atoms with Crippen LogP contribution in [0.15, 0.2) is 47.7 Å². The minimum Gasteiger partial charge on any atom is -0.436 e. The van der Waals surface area contributed by atoms with Crippen molar-refractivity contribution >= 4 is 23.8 Å². The van der Waals surface area contributed by atoms with Crippen molar-refractivity contribution in [2.45, 2.75) is 38.8 Å². The fourth-order valence-corrected chi connectivity index (χ4v) is 5.09. The van der Waals surface area contributed by atoms with E-state index in [1.807, 2.05) is 13.8 Å². The number of fused-ring (bicyclic) bond motifs is 2. The standard InChI is InChI=1S/C26H31FN4O5/c1-16(2)12-30(13-17-6-4-5-7-20(17)27)22(32)14-31-15-26(36-25(31)35)11-10-18-19(26)8-9-21(23(18)33)29-24(34)28-3/h4-9,16,18H,10-15H2,1-3H3,(H2,28,29,34)/t18?,26-/m0/s1. The van der Waals surface area contributed by atoms with Gasteiger partial charge < -0.3 is 20.3 Å². The summed E-state index contributed by atoms with van der Waals surface area (Å²) in [5, 5.41) is 4.94. The van der Waals surface area contributed by atoms with Crippen LogP contribution in [0.25, 0.3) is 0 Å². The number of halogens is 1. The Hall–Kier alpha value is -3.69. The molecule has 4 amide bonds. The number of allylic oxidation sites excluding steroid dienone is 3. The molecule has 1 unspecified atom stereocenters. The number of nitrogens with zero attached hydrogens (tertiary/aromatic N) is 2. The summed E-state index contributed by atoms with van der Waals surface area (Å²) in [6.07, 6.45) is 3.55. The highest BCUT2D eigenvalue weighted by Crippen LogP contribution is 2.48. The van der Waals surface area contributed by atoms with Crippen LogP contribution in [-0.4, -0.2) is 65.9 Å². The van der Waals surface area contributed by atoms with Crippen molar-refractivity contribution in [3.63, 3.8) is 0 Å². The first-order valence-electron chi connectivity index (χ1n) is 12.1. The van der Waals surface area contributed by atoms with E-state index in [9.17, 15) is 23.6 Å². The molecule has 2 aliphatic carbocycles. The first kappa shape index (κ1) is 25.4. The predicted octanol–water partition coefficient (Wildman–Crippen LogP) is 2.73. The van der Waals surface area contributed by atoms with Crippen LogP contribution in [0.5, 0.6) is 0 Å². The molecule has 0 bridgehead atoms. The van der Waals surface area contributed by atoms with Crippen molar-refractivity contribution in [1.29, 1.82) is 0 Å². The molecule has 2 N–H and O–H groups in total. The van der Waals surface area contributed by atoms with E-state index in [4.69, 9.17) is 4.74 Å². The molecule has 1 aromatic carbocycles. The molecule has 3 aliphatic rings. The lowest BCUT2D eigenvalue weighted by Gasteiger charge is -2.28. The van der Waals surface area contributed by atoms with Crippen LogP contribution in [0.3, 0.4) is 0 Å². The average Bonchev–Trinajstić information content (AvgIpc) is 3.35. The molecular formula is C26H31FN4O5. The monoisotopic (exact) mass is 498 g/mol. The molecule has 1 saturated carbocycles. The zero-order valence-electron chi connectivity index (χ0n) is 20.7. The molecule has 1 saturated heterocycles. The van der Waals surface area contributed by atoms with E-state index in [2.05, 4.69) is 10.6 Å². The van der Waals surface area contributed by atoms with Gasteiger partial charge >= 0.3 is 12.1 Å². The Labute approximate surface area is 209 Å². The number of carbonyl (C=O) groups is 4. The zero-order chi connectivity index (χ0) is 26.0. The quantitative estimate of drug-likeness (QED) is 0.601. The smallest absolute Gasteiger partial charge is 0.411 e. The van der Waals surface area contributed by atoms with Gasteiger partial charge in [0, 0.05) is 31.6 Å². The second-order valence-corrected chi connectivity index (χ2v) is 9.84. The number of rotatable bonds is 7. The highest BCUT2D eigenvalue weighted by atomic mass is 19.1. The topological polar surface area (TPSA) is 108 Å². The first-order chi connectivity index (χ1) is 17.1. The summed E-state index contributed by atoms with van der Waals surface area (Å²) in [7, 11) is 1.46. The van der Waals surface area contributed by atoms with Crippen LogP contribution in [-0.2, 0) is 20.9 Å². The number of ketones is 1. The van der Waals surface area contributed by atoms with Crippen molar-refractivity contribution in [1.82, 2.24) is 20.4 Å². The van der Waals surface area contributed by atoms with Crippen molar-refractivity contribution in [2.75, 3.05) is 26.7 Å². The Morgan fingerprint density at radius 3 is 2.69 bits per heavy atom. The SMILES string of the molecule is CNC(=O)NC1=CC=C2C(CC[C@]23CN(CC(=O)N(Cc2ccccc2F)CC(C)C)C(=O)O3)C1=O. The molecule has 1 heterocycles. The van der Waals surface area contributed by atoms with E-state index in [0.29, 0.717) is 30.5 Å². The molecule has 2 fully saturated rings. The highest BCUT2D eigenvalue weighted by Gasteiger charge is 2.56. The number of hydrogen-bond donors (Lipinski definition) is 2. The molecular weight excluding hydrogens is 467 g/mol. The molecule has 0 radical (unpaired) electrons. The third-order valence-electron chi connectivity index (χ3n) is 6.80. The molecule has 1 aromatic rings. The molecule has 1 aliphatic heterocycles. The van der Waals surface area contributed by atoms with E-state index >= 15 is 0 Å². The minimum atomic E-state index is -0.985. The maximum atomic E-state index is 14.2.